The molecule has 0 aliphatic heterocycles. The average molecular weight is 312 g/mol. The van der Waals surface area contributed by atoms with Crippen LogP contribution in [0.25, 0.3) is 10.9 Å². The second-order valence-electron chi connectivity index (χ2n) is 5.40. The lowest BCUT2D eigenvalue weighted by atomic mass is 10.00. The first-order chi connectivity index (χ1) is 10.6. The van der Waals surface area contributed by atoms with Crippen LogP contribution in [0.1, 0.15) is 18.1 Å². The minimum absolute atomic E-state index is 0.183. The first kappa shape index (κ1) is 14.7. The molecule has 112 valence electrons. The number of aromatic amines is 1. The molecule has 0 amide bonds. The van der Waals surface area contributed by atoms with E-state index in [1.54, 1.807) is 13.0 Å². The van der Waals surface area contributed by atoms with Gasteiger partial charge in [-0.25, -0.2) is 0 Å². The Morgan fingerprint density at radius 2 is 2.18 bits per heavy atom. The molecule has 0 spiro atoms. The number of hydrogen-bond acceptors (Lipinski definition) is 4. The van der Waals surface area contributed by atoms with Crippen molar-refractivity contribution in [3.05, 3.63) is 68.6 Å². The van der Waals surface area contributed by atoms with Crippen molar-refractivity contribution in [1.29, 1.82) is 0 Å². The Bertz CT molecular complexity index is 864. The maximum absolute atomic E-state index is 12.0. The fourth-order valence-corrected chi connectivity index (χ4v) is 3.03. The fraction of sp³-hybridized carbons (Fsp3) is 0.176. The van der Waals surface area contributed by atoms with Gasteiger partial charge in [0.25, 0.3) is 5.56 Å². The zero-order valence-corrected chi connectivity index (χ0v) is 12.9. The van der Waals surface area contributed by atoms with Crippen LogP contribution < -0.4 is 5.56 Å². The van der Waals surface area contributed by atoms with E-state index in [0.717, 1.165) is 16.5 Å². The molecule has 1 atom stereocenters. The highest BCUT2D eigenvalue weighted by molar-refractivity contribution is 7.08. The summed E-state index contributed by atoms with van der Waals surface area (Å²) in [6, 6.07) is 11.3. The predicted molar refractivity (Wildman–Crippen MR) is 90.9 cm³/mol. The van der Waals surface area contributed by atoms with E-state index in [2.05, 4.69) is 9.98 Å². The van der Waals surface area contributed by atoms with Gasteiger partial charge in [-0.2, -0.15) is 11.3 Å². The van der Waals surface area contributed by atoms with E-state index >= 15 is 0 Å². The molecule has 2 aromatic heterocycles. The third-order valence-corrected chi connectivity index (χ3v) is 4.24. The van der Waals surface area contributed by atoms with Gasteiger partial charge in [-0.05, 0) is 46.8 Å². The van der Waals surface area contributed by atoms with Crippen molar-refractivity contribution >= 4 is 28.5 Å². The lowest BCUT2D eigenvalue weighted by molar-refractivity contribution is 0.0680. The maximum Gasteiger partial charge on any atom is 0.257 e. The van der Waals surface area contributed by atoms with Crippen LogP contribution in [0.3, 0.4) is 0 Å². The molecule has 5 heteroatoms. The van der Waals surface area contributed by atoms with Crippen molar-refractivity contribution in [2.75, 3.05) is 6.54 Å². The molecule has 3 rings (SSSR count). The Hall–Kier alpha value is -2.24. The number of pyridine rings is 1. The third kappa shape index (κ3) is 3.00. The van der Waals surface area contributed by atoms with E-state index in [1.807, 2.05) is 41.1 Å². The first-order valence-electron chi connectivity index (χ1n) is 6.93. The van der Waals surface area contributed by atoms with Gasteiger partial charge in [0.1, 0.15) is 5.60 Å². The molecule has 0 fully saturated rings. The SMILES string of the molecule is CC(O)(CN=Cc1cc2ccccc2[nH]c1=O)c1ccsc1. The zero-order chi connectivity index (χ0) is 15.6. The summed E-state index contributed by atoms with van der Waals surface area (Å²) in [7, 11) is 0. The van der Waals surface area contributed by atoms with Gasteiger partial charge in [0, 0.05) is 11.7 Å². The summed E-state index contributed by atoms with van der Waals surface area (Å²) in [6.07, 6.45) is 1.52. The Morgan fingerprint density at radius 3 is 2.95 bits per heavy atom. The van der Waals surface area contributed by atoms with Gasteiger partial charge in [0.05, 0.1) is 12.1 Å². The van der Waals surface area contributed by atoms with E-state index in [4.69, 9.17) is 0 Å². The Labute approximate surface area is 131 Å². The van der Waals surface area contributed by atoms with Gasteiger partial charge in [-0.1, -0.05) is 18.2 Å². The van der Waals surface area contributed by atoms with Crippen molar-refractivity contribution in [1.82, 2.24) is 4.98 Å². The standard InChI is InChI=1S/C17H16N2O2S/c1-17(21,14-6-7-22-10-14)11-18-9-13-8-12-4-2-3-5-15(12)19-16(13)20/h2-10,21H,11H2,1H3,(H,19,20). The Balaban J connectivity index is 1.84. The summed E-state index contributed by atoms with van der Waals surface area (Å²) in [5.74, 6) is 0. The van der Waals surface area contributed by atoms with Crippen LogP contribution >= 0.6 is 11.3 Å². The molecule has 4 nitrogen and oxygen atoms in total. The molecular formula is C17H16N2O2S. The summed E-state index contributed by atoms with van der Waals surface area (Å²) in [5, 5.41) is 15.2. The number of nitrogens with zero attached hydrogens (tertiary/aromatic N) is 1. The number of aliphatic imine (C=N–C) groups is 1. The van der Waals surface area contributed by atoms with Crippen LogP contribution in [0.4, 0.5) is 0 Å². The first-order valence-corrected chi connectivity index (χ1v) is 7.87. The Morgan fingerprint density at radius 1 is 1.36 bits per heavy atom. The normalized spacial score (nSPS) is 14.5. The quantitative estimate of drug-likeness (QED) is 0.728. The van der Waals surface area contributed by atoms with Gasteiger partial charge in [-0.15, -0.1) is 0 Å². The number of fused-ring (bicyclic) bond motifs is 1. The van der Waals surface area contributed by atoms with E-state index < -0.39 is 5.60 Å². The van der Waals surface area contributed by atoms with Crippen LogP contribution in [0.5, 0.6) is 0 Å². The van der Waals surface area contributed by atoms with Crippen LogP contribution in [0, 0.1) is 0 Å². The minimum Gasteiger partial charge on any atom is -0.383 e. The van der Waals surface area contributed by atoms with Gasteiger partial charge < -0.3 is 10.1 Å². The number of aliphatic hydroxyl groups is 1. The van der Waals surface area contributed by atoms with Crippen LogP contribution in [0.2, 0.25) is 0 Å². The third-order valence-electron chi connectivity index (χ3n) is 3.55. The molecule has 0 aliphatic rings. The lowest BCUT2D eigenvalue weighted by Crippen LogP contribution is -2.24. The predicted octanol–water partition coefficient (Wildman–Crippen LogP) is 2.92. The number of para-hydroxylation sites is 1. The van der Waals surface area contributed by atoms with Gasteiger partial charge in [0.15, 0.2) is 0 Å². The number of rotatable bonds is 4. The van der Waals surface area contributed by atoms with Crippen molar-refractivity contribution in [3.63, 3.8) is 0 Å². The topological polar surface area (TPSA) is 65.5 Å². The van der Waals surface area contributed by atoms with Crippen LogP contribution in [-0.4, -0.2) is 22.8 Å². The molecule has 0 saturated carbocycles. The van der Waals surface area contributed by atoms with E-state index in [1.165, 1.54) is 17.6 Å². The summed E-state index contributed by atoms with van der Waals surface area (Å²) in [6.45, 7) is 1.92. The van der Waals surface area contributed by atoms with Gasteiger partial charge in [-0.3, -0.25) is 9.79 Å². The highest BCUT2D eigenvalue weighted by Gasteiger charge is 2.22. The largest absolute Gasteiger partial charge is 0.383 e. The highest BCUT2D eigenvalue weighted by Crippen LogP contribution is 2.23. The smallest absolute Gasteiger partial charge is 0.257 e. The van der Waals surface area contributed by atoms with Crippen LogP contribution in [0.15, 0.2) is 56.9 Å². The summed E-state index contributed by atoms with van der Waals surface area (Å²) in [5.41, 5.74) is 0.912. The molecule has 3 aromatic rings. The molecular weight excluding hydrogens is 296 g/mol. The number of thiophene rings is 1. The lowest BCUT2D eigenvalue weighted by Gasteiger charge is -2.19. The number of aromatic nitrogens is 1. The molecule has 22 heavy (non-hydrogen) atoms. The second-order valence-corrected chi connectivity index (χ2v) is 6.18. The molecule has 1 unspecified atom stereocenters. The summed E-state index contributed by atoms with van der Waals surface area (Å²) in [4.78, 5) is 19.1. The number of hydrogen-bond donors (Lipinski definition) is 2. The summed E-state index contributed by atoms with van der Waals surface area (Å²) < 4.78 is 0. The zero-order valence-electron chi connectivity index (χ0n) is 12.1. The maximum atomic E-state index is 12.0. The fourth-order valence-electron chi connectivity index (χ4n) is 2.24. The number of nitrogens with one attached hydrogen (secondary N) is 1. The molecule has 0 radical (unpaired) electrons. The van der Waals surface area contributed by atoms with Crippen molar-refractivity contribution in [2.45, 2.75) is 12.5 Å². The number of benzene rings is 1. The molecule has 2 heterocycles. The van der Waals surface area contributed by atoms with E-state index in [0.29, 0.717) is 5.56 Å². The molecule has 2 N–H and O–H groups in total. The minimum atomic E-state index is -1.03. The van der Waals surface area contributed by atoms with Gasteiger partial charge >= 0.3 is 0 Å². The second kappa shape index (κ2) is 5.87. The Kier molecular flexibility index (Phi) is 3.92. The molecule has 0 bridgehead atoms. The van der Waals surface area contributed by atoms with E-state index in [9.17, 15) is 9.90 Å². The molecule has 0 saturated heterocycles. The summed E-state index contributed by atoms with van der Waals surface area (Å²) >= 11 is 1.53. The molecule has 1 aromatic carbocycles. The monoisotopic (exact) mass is 312 g/mol. The molecule has 0 aliphatic carbocycles. The van der Waals surface area contributed by atoms with Gasteiger partial charge in [0.2, 0.25) is 0 Å². The van der Waals surface area contributed by atoms with Crippen molar-refractivity contribution < 1.29 is 5.11 Å². The van der Waals surface area contributed by atoms with E-state index in [-0.39, 0.29) is 12.1 Å². The van der Waals surface area contributed by atoms with Crippen molar-refractivity contribution in [2.24, 2.45) is 4.99 Å². The van der Waals surface area contributed by atoms with Crippen molar-refractivity contribution in [3.8, 4) is 0 Å². The van der Waals surface area contributed by atoms with Crippen LogP contribution in [-0.2, 0) is 5.60 Å². The number of H-pyrrole nitrogens is 1. The highest BCUT2D eigenvalue weighted by atomic mass is 32.1. The average Bonchev–Trinajstić information content (AvgIpc) is 3.03.